The normalized spacial score (nSPS) is 11.0. The summed E-state index contributed by atoms with van der Waals surface area (Å²) >= 11 is 0.826. The second kappa shape index (κ2) is 6.69. The number of alkyl halides is 3. The van der Waals surface area contributed by atoms with Crippen molar-refractivity contribution < 1.29 is 27.5 Å². The van der Waals surface area contributed by atoms with Gasteiger partial charge in [-0.3, -0.25) is 9.59 Å². The van der Waals surface area contributed by atoms with Crippen molar-refractivity contribution in [2.45, 2.75) is 6.18 Å². The smallest absolute Gasteiger partial charge is 0.471 e. The summed E-state index contributed by atoms with van der Waals surface area (Å²) in [5.41, 5.74) is 0.388. The fraction of sp³-hybridized carbons (Fsp3) is 0.143. The highest BCUT2D eigenvalue weighted by atomic mass is 32.1. The van der Waals surface area contributed by atoms with Gasteiger partial charge in [0.1, 0.15) is 10.8 Å². The molecule has 0 aliphatic rings. The van der Waals surface area contributed by atoms with E-state index < -0.39 is 18.0 Å². The molecule has 5 nitrogen and oxygen atoms in total. The predicted molar refractivity (Wildman–Crippen MR) is 80.0 cm³/mol. The molecule has 1 heterocycles. The van der Waals surface area contributed by atoms with Crippen molar-refractivity contribution in [3.05, 3.63) is 41.3 Å². The molecule has 0 radical (unpaired) electrons. The van der Waals surface area contributed by atoms with E-state index in [1.54, 1.807) is 29.6 Å². The van der Waals surface area contributed by atoms with E-state index in [4.69, 9.17) is 4.74 Å². The first-order valence-electron chi connectivity index (χ1n) is 6.22. The van der Waals surface area contributed by atoms with Gasteiger partial charge in [0.05, 0.1) is 12.7 Å². The van der Waals surface area contributed by atoms with Crippen molar-refractivity contribution >= 4 is 33.8 Å². The third kappa shape index (κ3) is 4.22. The number of nitrogens with one attached hydrogen (secondary N) is 2. The number of ether oxygens (including phenoxy) is 1. The zero-order valence-electron chi connectivity index (χ0n) is 11.7. The molecule has 2 rings (SSSR count). The lowest BCUT2D eigenvalue weighted by Gasteiger charge is -2.09. The number of halogens is 3. The number of amides is 2. The summed E-state index contributed by atoms with van der Waals surface area (Å²) < 4.78 is 41.8. The van der Waals surface area contributed by atoms with E-state index in [1.807, 2.05) is 0 Å². The van der Waals surface area contributed by atoms with Crippen LogP contribution in [0.25, 0.3) is 0 Å². The van der Waals surface area contributed by atoms with Crippen LogP contribution < -0.4 is 15.4 Å². The van der Waals surface area contributed by atoms with Crippen molar-refractivity contribution in [3.8, 4) is 5.75 Å². The molecule has 2 aromatic rings. The molecule has 0 aliphatic heterocycles. The maximum absolute atomic E-state index is 12.3. The Morgan fingerprint density at radius 1 is 1.09 bits per heavy atom. The van der Waals surface area contributed by atoms with Crippen molar-refractivity contribution in [2.75, 3.05) is 17.7 Å². The Hall–Kier alpha value is -2.55. The minimum atomic E-state index is -5.02. The molecule has 2 N–H and O–H groups in total. The number of hydrogen-bond donors (Lipinski definition) is 2. The van der Waals surface area contributed by atoms with Gasteiger partial charge < -0.3 is 15.4 Å². The Bertz CT molecular complexity index is 711. The molecular weight excluding hydrogens is 333 g/mol. The van der Waals surface area contributed by atoms with Crippen LogP contribution in [0.1, 0.15) is 10.4 Å². The summed E-state index contributed by atoms with van der Waals surface area (Å²) in [7, 11) is 1.49. The molecule has 122 valence electrons. The van der Waals surface area contributed by atoms with Gasteiger partial charge in [-0.15, -0.1) is 11.3 Å². The highest BCUT2D eigenvalue weighted by molar-refractivity contribution is 7.14. The van der Waals surface area contributed by atoms with Gasteiger partial charge >= 0.3 is 12.1 Å². The van der Waals surface area contributed by atoms with Gasteiger partial charge in [-0.05, 0) is 35.7 Å². The molecule has 1 aromatic heterocycles. The van der Waals surface area contributed by atoms with E-state index in [1.165, 1.54) is 18.6 Å². The highest BCUT2D eigenvalue weighted by Crippen LogP contribution is 2.27. The van der Waals surface area contributed by atoms with Gasteiger partial charge in [0.2, 0.25) is 0 Å². The van der Waals surface area contributed by atoms with Crippen molar-refractivity contribution in [1.29, 1.82) is 0 Å². The summed E-state index contributed by atoms with van der Waals surface area (Å²) in [6.07, 6.45) is -5.02. The van der Waals surface area contributed by atoms with E-state index in [0.717, 1.165) is 11.3 Å². The second-order valence-electron chi connectivity index (χ2n) is 4.30. The zero-order valence-corrected chi connectivity index (χ0v) is 12.5. The molecule has 0 atom stereocenters. The molecule has 0 aliphatic carbocycles. The quantitative estimate of drug-likeness (QED) is 0.892. The molecule has 0 saturated carbocycles. The number of carbonyl (C=O) groups is 2. The highest BCUT2D eigenvalue weighted by Gasteiger charge is 2.39. The number of anilines is 2. The zero-order chi connectivity index (χ0) is 17.0. The molecule has 0 bridgehead atoms. The lowest BCUT2D eigenvalue weighted by Crippen LogP contribution is -2.30. The van der Waals surface area contributed by atoms with Crippen LogP contribution in [-0.2, 0) is 4.79 Å². The average Bonchev–Trinajstić information content (AvgIpc) is 2.95. The van der Waals surface area contributed by atoms with Gasteiger partial charge in [-0.25, -0.2) is 0 Å². The average molecular weight is 344 g/mol. The fourth-order valence-electron chi connectivity index (χ4n) is 1.63. The Balaban J connectivity index is 2.11. The van der Waals surface area contributed by atoms with E-state index in [0.29, 0.717) is 11.4 Å². The van der Waals surface area contributed by atoms with Gasteiger partial charge in [-0.2, -0.15) is 13.2 Å². The number of methoxy groups -OCH3 is 1. The second-order valence-corrected chi connectivity index (χ2v) is 5.21. The van der Waals surface area contributed by atoms with Gasteiger partial charge in [0.15, 0.2) is 0 Å². The van der Waals surface area contributed by atoms with Crippen LogP contribution in [-0.4, -0.2) is 25.1 Å². The number of rotatable bonds is 4. The summed E-state index contributed by atoms with van der Waals surface area (Å²) in [5.74, 6) is -2.16. The lowest BCUT2D eigenvalue weighted by molar-refractivity contribution is -0.167. The third-order valence-corrected chi connectivity index (χ3v) is 3.57. The van der Waals surface area contributed by atoms with Gasteiger partial charge in [0.25, 0.3) is 5.91 Å². The molecule has 1 aromatic carbocycles. The summed E-state index contributed by atoms with van der Waals surface area (Å²) in [5, 5.41) is 5.46. The van der Waals surface area contributed by atoms with Crippen LogP contribution in [0.15, 0.2) is 35.7 Å². The van der Waals surface area contributed by atoms with Crippen molar-refractivity contribution in [1.82, 2.24) is 0 Å². The molecule has 23 heavy (non-hydrogen) atoms. The van der Waals surface area contributed by atoms with Crippen LogP contribution in [0, 0.1) is 0 Å². The van der Waals surface area contributed by atoms with E-state index in [9.17, 15) is 22.8 Å². The Kier molecular flexibility index (Phi) is 4.89. The minimum absolute atomic E-state index is 0.0524. The Morgan fingerprint density at radius 2 is 1.74 bits per heavy atom. The maximum Gasteiger partial charge on any atom is 0.471 e. The van der Waals surface area contributed by atoms with Crippen molar-refractivity contribution in [3.63, 3.8) is 0 Å². The number of benzene rings is 1. The van der Waals surface area contributed by atoms with Crippen LogP contribution >= 0.6 is 11.3 Å². The fourth-order valence-corrected chi connectivity index (χ4v) is 2.41. The largest absolute Gasteiger partial charge is 0.497 e. The Labute approximate surface area is 133 Å². The number of hydrogen-bond acceptors (Lipinski definition) is 4. The maximum atomic E-state index is 12.3. The summed E-state index contributed by atoms with van der Waals surface area (Å²) in [4.78, 5) is 23.1. The third-order valence-electron chi connectivity index (χ3n) is 2.74. The van der Waals surface area contributed by atoms with E-state index in [2.05, 4.69) is 5.32 Å². The summed E-state index contributed by atoms with van der Waals surface area (Å²) in [6, 6.07) is 7.73. The molecular formula is C14H11F3N2O3S. The topological polar surface area (TPSA) is 67.4 Å². The molecule has 0 unspecified atom stereocenters. The standard InChI is InChI=1S/C14H11F3N2O3S/c1-22-9-4-2-8(3-5-9)18-11(20)10-6-7-23-12(10)19-13(21)14(15,16)17/h2-7H,1H3,(H,18,20)(H,19,21). The van der Waals surface area contributed by atoms with Crippen LogP contribution in [0.2, 0.25) is 0 Å². The van der Waals surface area contributed by atoms with Crippen molar-refractivity contribution in [2.24, 2.45) is 0 Å². The first-order chi connectivity index (χ1) is 10.8. The number of thiophene rings is 1. The van der Waals surface area contributed by atoms with Gasteiger partial charge in [-0.1, -0.05) is 0 Å². The molecule has 9 heteroatoms. The SMILES string of the molecule is COc1ccc(NC(=O)c2ccsc2NC(=O)C(F)(F)F)cc1. The number of carbonyl (C=O) groups excluding carboxylic acids is 2. The monoisotopic (exact) mass is 344 g/mol. The van der Waals surface area contributed by atoms with E-state index in [-0.39, 0.29) is 10.6 Å². The predicted octanol–water partition coefficient (Wildman–Crippen LogP) is 3.51. The van der Waals surface area contributed by atoms with Crippen LogP contribution in [0.4, 0.5) is 23.9 Å². The lowest BCUT2D eigenvalue weighted by atomic mass is 10.2. The van der Waals surface area contributed by atoms with Crippen LogP contribution in [0.5, 0.6) is 5.75 Å². The first-order valence-corrected chi connectivity index (χ1v) is 7.10. The minimum Gasteiger partial charge on any atom is -0.497 e. The van der Waals surface area contributed by atoms with E-state index >= 15 is 0 Å². The first kappa shape index (κ1) is 16.8. The molecule has 2 amide bonds. The molecule has 0 saturated heterocycles. The molecule has 0 fully saturated rings. The van der Waals surface area contributed by atoms with Crippen LogP contribution in [0.3, 0.4) is 0 Å². The summed E-state index contributed by atoms with van der Waals surface area (Å²) in [6.45, 7) is 0. The Morgan fingerprint density at radius 3 is 2.30 bits per heavy atom. The van der Waals surface area contributed by atoms with Gasteiger partial charge in [0, 0.05) is 5.69 Å². The molecule has 0 spiro atoms.